The van der Waals surface area contributed by atoms with E-state index < -0.39 is 0 Å². The van der Waals surface area contributed by atoms with Gasteiger partial charge in [0.05, 0.1) is 5.56 Å². The topological polar surface area (TPSA) is 73.1 Å². The van der Waals surface area contributed by atoms with Gasteiger partial charge in [0.25, 0.3) is 0 Å². The lowest BCUT2D eigenvalue weighted by Crippen LogP contribution is -2.29. The maximum atomic E-state index is 6.14. The maximum absolute atomic E-state index is 6.14. The third kappa shape index (κ3) is 3.20. The average Bonchev–Trinajstić information content (AvgIpc) is 2.45. The van der Waals surface area contributed by atoms with E-state index in [0.717, 1.165) is 36.6 Å². The second-order valence-electron chi connectivity index (χ2n) is 5.92. The van der Waals surface area contributed by atoms with E-state index in [1.165, 1.54) is 6.42 Å². The SMILES string of the molecule is CCc1nc(NN)c(C)c(OC2CCC(C)C(C)C2)n1. The van der Waals surface area contributed by atoms with Crippen LogP contribution in [0.5, 0.6) is 5.88 Å². The predicted octanol–water partition coefficient (Wildman–Crippen LogP) is 2.84. The molecule has 0 saturated heterocycles. The Hall–Kier alpha value is -1.36. The molecule has 20 heavy (non-hydrogen) atoms. The summed E-state index contributed by atoms with van der Waals surface area (Å²) in [5.41, 5.74) is 3.52. The van der Waals surface area contributed by atoms with E-state index in [1.807, 2.05) is 13.8 Å². The fraction of sp³-hybridized carbons (Fsp3) is 0.733. The van der Waals surface area contributed by atoms with Crippen molar-refractivity contribution in [3.05, 3.63) is 11.4 Å². The van der Waals surface area contributed by atoms with Gasteiger partial charge in [-0.1, -0.05) is 20.8 Å². The van der Waals surface area contributed by atoms with E-state index in [4.69, 9.17) is 10.6 Å². The monoisotopic (exact) mass is 278 g/mol. The van der Waals surface area contributed by atoms with E-state index >= 15 is 0 Å². The highest BCUT2D eigenvalue weighted by molar-refractivity contribution is 5.47. The molecule has 1 aromatic rings. The summed E-state index contributed by atoms with van der Waals surface area (Å²) < 4.78 is 6.14. The van der Waals surface area contributed by atoms with Gasteiger partial charge in [-0.15, -0.1) is 0 Å². The van der Waals surface area contributed by atoms with Gasteiger partial charge in [0.1, 0.15) is 17.7 Å². The number of nitrogens with one attached hydrogen (secondary N) is 1. The van der Waals surface area contributed by atoms with Crippen molar-refractivity contribution in [3.8, 4) is 5.88 Å². The second kappa shape index (κ2) is 6.39. The molecule has 0 aliphatic heterocycles. The molecular weight excluding hydrogens is 252 g/mol. The zero-order valence-electron chi connectivity index (χ0n) is 12.9. The van der Waals surface area contributed by atoms with Crippen molar-refractivity contribution in [3.63, 3.8) is 0 Å². The van der Waals surface area contributed by atoms with Gasteiger partial charge in [0.2, 0.25) is 5.88 Å². The quantitative estimate of drug-likeness (QED) is 0.654. The van der Waals surface area contributed by atoms with Crippen LogP contribution in [0.4, 0.5) is 5.82 Å². The molecular formula is C15H26N4O. The number of nitrogens with two attached hydrogens (primary N) is 1. The fourth-order valence-electron chi connectivity index (χ4n) is 2.72. The molecule has 112 valence electrons. The molecule has 5 nitrogen and oxygen atoms in total. The molecule has 1 fully saturated rings. The number of aryl methyl sites for hydroxylation is 1. The van der Waals surface area contributed by atoms with Crippen molar-refractivity contribution in [2.75, 3.05) is 5.43 Å². The molecule has 1 heterocycles. The Kier molecular flexibility index (Phi) is 4.81. The molecule has 3 atom stereocenters. The summed E-state index contributed by atoms with van der Waals surface area (Å²) in [5.74, 6) is 9.10. The maximum Gasteiger partial charge on any atom is 0.222 e. The van der Waals surface area contributed by atoms with Crippen LogP contribution < -0.4 is 16.0 Å². The molecule has 1 aliphatic carbocycles. The summed E-state index contributed by atoms with van der Waals surface area (Å²) >= 11 is 0. The summed E-state index contributed by atoms with van der Waals surface area (Å²) in [6, 6.07) is 0. The number of aromatic nitrogens is 2. The minimum Gasteiger partial charge on any atom is -0.474 e. The van der Waals surface area contributed by atoms with Crippen molar-refractivity contribution in [2.24, 2.45) is 17.7 Å². The molecule has 0 radical (unpaired) electrons. The van der Waals surface area contributed by atoms with Crippen LogP contribution in [0.3, 0.4) is 0 Å². The van der Waals surface area contributed by atoms with Crippen molar-refractivity contribution in [1.82, 2.24) is 9.97 Å². The number of hydrogen-bond acceptors (Lipinski definition) is 5. The standard InChI is InChI=1S/C15H26N4O/c1-5-13-17-14(19-16)11(4)15(18-13)20-12-7-6-9(2)10(3)8-12/h9-10,12H,5-8,16H2,1-4H3,(H,17,18,19). The molecule has 3 N–H and O–H groups in total. The smallest absolute Gasteiger partial charge is 0.222 e. The molecule has 0 spiro atoms. The number of rotatable bonds is 4. The molecule has 2 rings (SSSR count). The zero-order chi connectivity index (χ0) is 14.7. The van der Waals surface area contributed by atoms with E-state index in [2.05, 4.69) is 29.2 Å². The highest BCUT2D eigenvalue weighted by Gasteiger charge is 2.26. The van der Waals surface area contributed by atoms with E-state index in [0.29, 0.717) is 17.6 Å². The summed E-state index contributed by atoms with van der Waals surface area (Å²) in [6.45, 7) is 8.60. The van der Waals surface area contributed by atoms with Crippen molar-refractivity contribution < 1.29 is 4.74 Å². The molecule has 0 bridgehead atoms. The number of anilines is 1. The van der Waals surface area contributed by atoms with Crippen LogP contribution in [0.25, 0.3) is 0 Å². The molecule has 1 aromatic heterocycles. The van der Waals surface area contributed by atoms with Crippen LogP contribution in [0.2, 0.25) is 0 Å². The van der Waals surface area contributed by atoms with Crippen LogP contribution in [0, 0.1) is 18.8 Å². The van der Waals surface area contributed by atoms with Crippen LogP contribution in [0.1, 0.15) is 51.4 Å². The minimum atomic E-state index is 0.255. The number of ether oxygens (including phenoxy) is 1. The van der Waals surface area contributed by atoms with E-state index in [1.54, 1.807) is 0 Å². The Morgan fingerprint density at radius 1 is 1.25 bits per heavy atom. The van der Waals surface area contributed by atoms with Crippen LogP contribution in [0.15, 0.2) is 0 Å². The average molecular weight is 278 g/mol. The van der Waals surface area contributed by atoms with Gasteiger partial charge < -0.3 is 10.2 Å². The van der Waals surface area contributed by atoms with Gasteiger partial charge in [0.15, 0.2) is 0 Å². The fourth-order valence-corrected chi connectivity index (χ4v) is 2.72. The lowest BCUT2D eigenvalue weighted by Gasteiger charge is -2.32. The largest absolute Gasteiger partial charge is 0.474 e. The Balaban J connectivity index is 2.16. The van der Waals surface area contributed by atoms with Crippen LogP contribution >= 0.6 is 0 Å². The summed E-state index contributed by atoms with van der Waals surface area (Å²) in [6.07, 6.45) is 4.44. The Labute approximate surface area is 121 Å². The number of hydrazine groups is 1. The number of nitrogen functional groups attached to an aromatic ring is 1. The van der Waals surface area contributed by atoms with Gasteiger partial charge >= 0.3 is 0 Å². The van der Waals surface area contributed by atoms with Crippen LogP contribution in [-0.4, -0.2) is 16.1 Å². The first-order valence-electron chi connectivity index (χ1n) is 7.55. The second-order valence-corrected chi connectivity index (χ2v) is 5.92. The third-order valence-corrected chi connectivity index (χ3v) is 4.43. The molecule has 1 saturated carbocycles. The number of nitrogens with zero attached hydrogens (tertiary/aromatic N) is 2. The predicted molar refractivity (Wildman–Crippen MR) is 80.6 cm³/mol. The van der Waals surface area contributed by atoms with Gasteiger partial charge in [-0.3, -0.25) is 0 Å². The number of hydrogen-bond donors (Lipinski definition) is 2. The normalized spacial score (nSPS) is 26.4. The van der Waals surface area contributed by atoms with Crippen LogP contribution in [-0.2, 0) is 6.42 Å². The summed E-state index contributed by atoms with van der Waals surface area (Å²) in [5, 5.41) is 0. The third-order valence-electron chi connectivity index (χ3n) is 4.43. The Morgan fingerprint density at radius 2 is 2.00 bits per heavy atom. The first-order valence-corrected chi connectivity index (χ1v) is 7.55. The minimum absolute atomic E-state index is 0.255. The van der Waals surface area contributed by atoms with E-state index in [-0.39, 0.29) is 6.10 Å². The lowest BCUT2D eigenvalue weighted by atomic mass is 9.80. The first kappa shape index (κ1) is 15.0. The first-order chi connectivity index (χ1) is 9.55. The molecule has 0 aromatic carbocycles. The molecule has 3 unspecified atom stereocenters. The summed E-state index contributed by atoms with van der Waals surface area (Å²) in [7, 11) is 0. The van der Waals surface area contributed by atoms with Crippen molar-refractivity contribution >= 4 is 5.82 Å². The highest BCUT2D eigenvalue weighted by Crippen LogP contribution is 2.32. The molecule has 5 heteroatoms. The van der Waals surface area contributed by atoms with Gasteiger partial charge in [-0.05, 0) is 38.0 Å². The summed E-state index contributed by atoms with van der Waals surface area (Å²) in [4.78, 5) is 8.87. The Bertz CT molecular complexity index is 463. The highest BCUT2D eigenvalue weighted by atomic mass is 16.5. The molecule has 0 amide bonds. The molecule has 1 aliphatic rings. The van der Waals surface area contributed by atoms with Gasteiger partial charge in [-0.25, -0.2) is 10.8 Å². The Morgan fingerprint density at radius 3 is 2.60 bits per heavy atom. The van der Waals surface area contributed by atoms with Crippen molar-refractivity contribution in [2.45, 2.75) is 59.5 Å². The van der Waals surface area contributed by atoms with Gasteiger partial charge in [0, 0.05) is 6.42 Å². The van der Waals surface area contributed by atoms with Gasteiger partial charge in [-0.2, -0.15) is 4.98 Å². The van der Waals surface area contributed by atoms with E-state index in [9.17, 15) is 0 Å². The zero-order valence-corrected chi connectivity index (χ0v) is 12.9. The lowest BCUT2D eigenvalue weighted by molar-refractivity contribution is 0.0954. The van der Waals surface area contributed by atoms with Crippen molar-refractivity contribution in [1.29, 1.82) is 0 Å².